The van der Waals surface area contributed by atoms with Gasteiger partial charge in [-0.25, -0.2) is 4.79 Å². The molecule has 4 nitrogen and oxygen atoms in total. The lowest BCUT2D eigenvalue weighted by Crippen LogP contribution is -2.37. The van der Waals surface area contributed by atoms with Crippen LogP contribution in [0.25, 0.3) is 0 Å². The molecule has 0 bridgehead atoms. The molecule has 1 atom stereocenters. The highest BCUT2D eigenvalue weighted by Gasteiger charge is 2.20. The number of carbonyl (C=O) groups is 1. The Bertz CT molecular complexity index is 507. The monoisotopic (exact) mass is 523 g/mol. The Balaban J connectivity index is 4.69. The van der Waals surface area contributed by atoms with Gasteiger partial charge >= 0.3 is 6.09 Å². The number of allylic oxidation sites excluding steroid dienone is 2. The van der Waals surface area contributed by atoms with Gasteiger partial charge in [-0.2, -0.15) is 0 Å². The largest absolute Gasteiger partial charge is 0.446 e. The summed E-state index contributed by atoms with van der Waals surface area (Å²) in [6.07, 6.45) is 30.4. The predicted octanol–water partition coefficient (Wildman–Crippen LogP) is 10.2. The van der Waals surface area contributed by atoms with Crippen LogP contribution in [0.15, 0.2) is 12.2 Å². The van der Waals surface area contributed by atoms with Crippen LogP contribution in [0.4, 0.5) is 4.79 Å². The molecule has 0 aromatic rings. The van der Waals surface area contributed by atoms with Crippen LogP contribution in [0.1, 0.15) is 156 Å². The Morgan fingerprint density at radius 1 is 0.622 bits per heavy atom. The van der Waals surface area contributed by atoms with Crippen LogP contribution in [0, 0.1) is 0 Å². The van der Waals surface area contributed by atoms with E-state index in [9.17, 15) is 4.79 Å². The van der Waals surface area contributed by atoms with Crippen molar-refractivity contribution in [1.29, 1.82) is 0 Å². The first-order valence-electron chi connectivity index (χ1n) is 16.3. The number of amides is 1. The molecule has 0 aliphatic rings. The molecule has 0 aromatic heterocycles. The summed E-state index contributed by atoms with van der Waals surface area (Å²) >= 11 is 0. The maximum Gasteiger partial charge on any atom is 0.410 e. The van der Waals surface area contributed by atoms with Crippen LogP contribution in [-0.4, -0.2) is 55.7 Å². The summed E-state index contributed by atoms with van der Waals surface area (Å²) in [5, 5.41) is 0. The third-order valence-corrected chi connectivity index (χ3v) is 7.27. The molecule has 0 rings (SSSR count). The van der Waals surface area contributed by atoms with Gasteiger partial charge in [-0.1, -0.05) is 116 Å². The zero-order chi connectivity index (χ0) is 27.4. The van der Waals surface area contributed by atoms with Crippen molar-refractivity contribution in [3.63, 3.8) is 0 Å². The average Bonchev–Trinajstić information content (AvgIpc) is 2.88. The van der Waals surface area contributed by atoms with Gasteiger partial charge in [0.1, 0.15) is 6.10 Å². The highest BCUT2D eigenvalue weighted by molar-refractivity contribution is 5.67. The van der Waals surface area contributed by atoms with Gasteiger partial charge in [-0.15, -0.1) is 0 Å². The topological polar surface area (TPSA) is 32.8 Å². The van der Waals surface area contributed by atoms with Gasteiger partial charge in [0.2, 0.25) is 0 Å². The summed E-state index contributed by atoms with van der Waals surface area (Å²) in [4.78, 5) is 17.4. The Hall–Kier alpha value is -1.03. The number of nitrogens with zero attached hydrogens (tertiary/aromatic N) is 2. The van der Waals surface area contributed by atoms with E-state index in [2.05, 4.69) is 51.9 Å². The Morgan fingerprint density at radius 3 is 1.59 bits per heavy atom. The van der Waals surface area contributed by atoms with Crippen molar-refractivity contribution in [2.45, 2.75) is 162 Å². The summed E-state index contributed by atoms with van der Waals surface area (Å²) in [5.74, 6) is 0. The zero-order valence-corrected chi connectivity index (χ0v) is 25.9. The second kappa shape index (κ2) is 28.0. The van der Waals surface area contributed by atoms with Crippen LogP contribution >= 0.6 is 0 Å². The van der Waals surface area contributed by atoms with E-state index >= 15 is 0 Å². The molecule has 0 N–H and O–H groups in total. The van der Waals surface area contributed by atoms with Crippen LogP contribution in [0.5, 0.6) is 0 Å². The molecular weight excluding hydrogens is 456 g/mol. The quantitative estimate of drug-likeness (QED) is 0.0794. The first-order valence-corrected chi connectivity index (χ1v) is 16.3. The molecule has 0 saturated heterocycles. The van der Waals surface area contributed by atoms with E-state index in [0.717, 1.165) is 58.2 Å². The predicted molar refractivity (Wildman–Crippen MR) is 164 cm³/mol. The number of hydrogen-bond acceptors (Lipinski definition) is 3. The van der Waals surface area contributed by atoms with E-state index in [1.165, 1.54) is 96.3 Å². The van der Waals surface area contributed by atoms with Crippen molar-refractivity contribution in [3.05, 3.63) is 12.2 Å². The average molecular weight is 523 g/mol. The molecule has 0 aromatic carbocycles. The van der Waals surface area contributed by atoms with Gasteiger partial charge < -0.3 is 14.5 Å². The molecular formula is C33H66N2O2. The molecule has 4 heteroatoms. The molecule has 0 saturated carbocycles. The standard InChI is InChI=1S/C33H66N2O2/c1-6-9-12-15-17-18-19-21-24-28-32(27-23-20-16-13-10-7-2)37-33(36)35(31-26-29-34(4)5)30-25-22-14-11-8-3/h11,14,32H,6-10,12-13,15-31H2,1-5H3/b14-11-. The van der Waals surface area contributed by atoms with Gasteiger partial charge in [0, 0.05) is 13.1 Å². The molecule has 0 fully saturated rings. The summed E-state index contributed by atoms with van der Waals surface area (Å²) in [5.41, 5.74) is 0. The van der Waals surface area contributed by atoms with E-state index in [1.807, 2.05) is 4.90 Å². The molecule has 1 amide bonds. The molecule has 220 valence electrons. The lowest BCUT2D eigenvalue weighted by Gasteiger charge is -2.26. The van der Waals surface area contributed by atoms with Crippen molar-refractivity contribution >= 4 is 6.09 Å². The molecule has 0 radical (unpaired) electrons. The van der Waals surface area contributed by atoms with Crippen molar-refractivity contribution in [1.82, 2.24) is 9.80 Å². The molecule has 1 unspecified atom stereocenters. The molecule has 0 spiro atoms. The van der Waals surface area contributed by atoms with E-state index < -0.39 is 0 Å². The highest BCUT2D eigenvalue weighted by Crippen LogP contribution is 2.18. The van der Waals surface area contributed by atoms with Crippen molar-refractivity contribution in [2.75, 3.05) is 33.7 Å². The van der Waals surface area contributed by atoms with Gasteiger partial charge in [-0.3, -0.25) is 0 Å². The SMILES string of the molecule is CC/C=C\CCCN(CCCN(C)C)C(=O)OC(CCCCCCCC)CCCCCCCCCCC. The van der Waals surface area contributed by atoms with E-state index in [4.69, 9.17) is 4.74 Å². The fourth-order valence-corrected chi connectivity index (χ4v) is 4.87. The number of ether oxygens (including phenoxy) is 1. The lowest BCUT2D eigenvalue weighted by molar-refractivity contribution is 0.0515. The third-order valence-electron chi connectivity index (χ3n) is 7.27. The van der Waals surface area contributed by atoms with Crippen LogP contribution in [-0.2, 0) is 4.74 Å². The van der Waals surface area contributed by atoms with Crippen LogP contribution < -0.4 is 0 Å². The lowest BCUT2D eigenvalue weighted by atomic mass is 10.0. The summed E-state index contributed by atoms with van der Waals surface area (Å²) in [6, 6.07) is 0. The molecule has 0 aliphatic heterocycles. The van der Waals surface area contributed by atoms with E-state index in [-0.39, 0.29) is 12.2 Å². The van der Waals surface area contributed by atoms with Crippen molar-refractivity contribution in [2.24, 2.45) is 0 Å². The van der Waals surface area contributed by atoms with Gasteiger partial charge in [0.15, 0.2) is 0 Å². The van der Waals surface area contributed by atoms with Crippen molar-refractivity contribution in [3.8, 4) is 0 Å². The van der Waals surface area contributed by atoms with Crippen molar-refractivity contribution < 1.29 is 9.53 Å². The first-order chi connectivity index (χ1) is 18.0. The fourth-order valence-electron chi connectivity index (χ4n) is 4.87. The number of hydrogen-bond donors (Lipinski definition) is 0. The van der Waals surface area contributed by atoms with Crippen LogP contribution in [0.3, 0.4) is 0 Å². The Morgan fingerprint density at radius 2 is 1.11 bits per heavy atom. The molecule has 0 aliphatic carbocycles. The Kier molecular flexibility index (Phi) is 27.2. The Labute approximate surface area is 233 Å². The number of unbranched alkanes of at least 4 members (excludes halogenated alkanes) is 14. The van der Waals surface area contributed by atoms with E-state index in [0.29, 0.717) is 0 Å². The second-order valence-electron chi connectivity index (χ2n) is 11.3. The summed E-state index contributed by atoms with van der Waals surface area (Å²) in [6.45, 7) is 9.30. The minimum Gasteiger partial charge on any atom is -0.446 e. The number of carbonyl (C=O) groups excluding carboxylic acids is 1. The minimum atomic E-state index is -0.0786. The fraction of sp³-hybridized carbons (Fsp3) is 0.909. The van der Waals surface area contributed by atoms with Crippen LogP contribution in [0.2, 0.25) is 0 Å². The normalized spacial score (nSPS) is 12.5. The first kappa shape index (κ1) is 36.0. The maximum absolute atomic E-state index is 13.3. The smallest absolute Gasteiger partial charge is 0.410 e. The zero-order valence-electron chi connectivity index (χ0n) is 25.9. The summed E-state index contributed by atoms with van der Waals surface area (Å²) in [7, 11) is 4.19. The highest BCUT2D eigenvalue weighted by atomic mass is 16.6. The van der Waals surface area contributed by atoms with Gasteiger partial charge in [-0.05, 0) is 72.0 Å². The van der Waals surface area contributed by atoms with E-state index in [1.54, 1.807) is 0 Å². The third kappa shape index (κ3) is 25.0. The van der Waals surface area contributed by atoms with Gasteiger partial charge in [0.05, 0.1) is 0 Å². The number of rotatable bonds is 27. The van der Waals surface area contributed by atoms with Gasteiger partial charge in [0.25, 0.3) is 0 Å². The second-order valence-corrected chi connectivity index (χ2v) is 11.3. The minimum absolute atomic E-state index is 0.0786. The molecule has 0 heterocycles. The summed E-state index contributed by atoms with van der Waals surface area (Å²) < 4.78 is 6.20. The molecule has 37 heavy (non-hydrogen) atoms. The maximum atomic E-state index is 13.3.